The van der Waals surface area contributed by atoms with Gasteiger partial charge in [0.15, 0.2) is 0 Å². The quantitative estimate of drug-likeness (QED) is 0.530. The van der Waals surface area contributed by atoms with Crippen LogP contribution in [0.15, 0.2) is 54.9 Å². The van der Waals surface area contributed by atoms with Crippen LogP contribution >= 0.6 is 0 Å². The van der Waals surface area contributed by atoms with Gasteiger partial charge >= 0.3 is 0 Å². The number of nitrogens with zero attached hydrogens (tertiary/aromatic N) is 2. The molecule has 0 saturated carbocycles. The Labute approximate surface area is 104 Å². The Balaban J connectivity index is 2.25. The lowest BCUT2D eigenvalue weighted by molar-refractivity contribution is 1.22. The van der Waals surface area contributed by atoms with Crippen LogP contribution in [0, 0.1) is 0 Å². The first-order chi connectivity index (χ1) is 8.88. The molecular weight excluding hydrogens is 224 g/mol. The Morgan fingerprint density at radius 1 is 0.944 bits per heavy atom. The molecule has 0 spiro atoms. The first kappa shape index (κ1) is 10.7. The van der Waals surface area contributed by atoms with Gasteiger partial charge in [-0.2, -0.15) is 0 Å². The SMILES string of the molecule is NNc1ccc2c(-c3ccccc3)ncnc2c1. The zero-order valence-electron chi connectivity index (χ0n) is 9.67. The Kier molecular flexibility index (Phi) is 2.63. The Hall–Kier alpha value is -2.46. The molecule has 0 fully saturated rings. The van der Waals surface area contributed by atoms with Crippen molar-refractivity contribution in [2.45, 2.75) is 0 Å². The molecule has 18 heavy (non-hydrogen) atoms. The number of benzene rings is 2. The van der Waals surface area contributed by atoms with Gasteiger partial charge in [0.25, 0.3) is 0 Å². The summed E-state index contributed by atoms with van der Waals surface area (Å²) >= 11 is 0. The summed E-state index contributed by atoms with van der Waals surface area (Å²) in [6.07, 6.45) is 1.57. The Bertz CT molecular complexity index is 680. The predicted octanol–water partition coefficient (Wildman–Crippen LogP) is 2.58. The van der Waals surface area contributed by atoms with Gasteiger partial charge in [-0.15, -0.1) is 0 Å². The molecule has 0 aliphatic heterocycles. The number of anilines is 1. The second-order valence-corrected chi connectivity index (χ2v) is 3.96. The average Bonchev–Trinajstić information content (AvgIpc) is 2.47. The van der Waals surface area contributed by atoms with Crippen molar-refractivity contribution in [1.82, 2.24) is 9.97 Å². The van der Waals surface area contributed by atoms with Gasteiger partial charge in [0.2, 0.25) is 0 Å². The van der Waals surface area contributed by atoms with Gasteiger partial charge in [0, 0.05) is 10.9 Å². The van der Waals surface area contributed by atoms with Gasteiger partial charge in [-0.05, 0) is 18.2 Å². The Morgan fingerprint density at radius 3 is 2.56 bits per heavy atom. The zero-order chi connectivity index (χ0) is 12.4. The third kappa shape index (κ3) is 1.78. The van der Waals surface area contributed by atoms with Crippen LogP contribution in [-0.4, -0.2) is 9.97 Å². The highest BCUT2D eigenvalue weighted by Gasteiger charge is 2.06. The lowest BCUT2D eigenvalue weighted by Gasteiger charge is -2.06. The Morgan fingerprint density at radius 2 is 1.78 bits per heavy atom. The standard InChI is InChI=1S/C14H12N4/c15-18-11-6-7-12-13(8-11)16-9-17-14(12)10-4-2-1-3-5-10/h1-9,18H,15H2. The van der Waals surface area contributed by atoms with Crippen molar-refractivity contribution >= 4 is 16.6 Å². The number of hydrogen-bond donors (Lipinski definition) is 2. The molecule has 0 aliphatic rings. The van der Waals surface area contributed by atoms with E-state index >= 15 is 0 Å². The highest BCUT2D eigenvalue weighted by atomic mass is 15.2. The monoisotopic (exact) mass is 236 g/mol. The summed E-state index contributed by atoms with van der Waals surface area (Å²) in [6, 6.07) is 15.9. The van der Waals surface area contributed by atoms with E-state index in [-0.39, 0.29) is 0 Å². The van der Waals surface area contributed by atoms with E-state index in [4.69, 9.17) is 5.84 Å². The van der Waals surface area contributed by atoms with E-state index < -0.39 is 0 Å². The summed E-state index contributed by atoms with van der Waals surface area (Å²) in [5.74, 6) is 5.40. The van der Waals surface area contributed by atoms with Crippen molar-refractivity contribution in [3.05, 3.63) is 54.9 Å². The summed E-state index contributed by atoms with van der Waals surface area (Å²) in [5, 5.41) is 1.02. The van der Waals surface area contributed by atoms with Crippen LogP contribution in [0.1, 0.15) is 0 Å². The summed E-state index contributed by atoms with van der Waals surface area (Å²) in [5.41, 5.74) is 6.34. The fraction of sp³-hybridized carbons (Fsp3) is 0. The van der Waals surface area contributed by atoms with E-state index in [2.05, 4.69) is 15.4 Å². The topological polar surface area (TPSA) is 63.8 Å². The van der Waals surface area contributed by atoms with Gasteiger partial charge in [-0.3, -0.25) is 5.84 Å². The molecule has 0 amide bonds. The summed E-state index contributed by atoms with van der Waals surface area (Å²) in [4.78, 5) is 8.64. The number of nitrogen functional groups attached to an aromatic ring is 1. The molecular formula is C14H12N4. The lowest BCUT2D eigenvalue weighted by Crippen LogP contribution is -2.06. The second kappa shape index (κ2) is 4.43. The summed E-state index contributed by atoms with van der Waals surface area (Å²) in [7, 11) is 0. The maximum atomic E-state index is 5.40. The van der Waals surface area contributed by atoms with Crippen molar-refractivity contribution in [2.24, 2.45) is 5.84 Å². The molecule has 2 aromatic carbocycles. The number of nitrogens with one attached hydrogen (secondary N) is 1. The van der Waals surface area contributed by atoms with Gasteiger partial charge < -0.3 is 5.43 Å². The van der Waals surface area contributed by atoms with E-state index in [0.29, 0.717) is 0 Å². The van der Waals surface area contributed by atoms with Crippen LogP contribution in [0.5, 0.6) is 0 Å². The molecule has 88 valence electrons. The van der Waals surface area contributed by atoms with E-state index in [1.807, 2.05) is 48.5 Å². The van der Waals surface area contributed by atoms with Crippen molar-refractivity contribution in [3.8, 4) is 11.3 Å². The van der Waals surface area contributed by atoms with Gasteiger partial charge in [0.1, 0.15) is 6.33 Å². The van der Waals surface area contributed by atoms with Crippen LogP contribution in [-0.2, 0) is 0 Å². The average molecular weight is 236 g/mol. The van der Waals surface area contributed by atoms with Crippen molar-refractivity contribution < 1.29 is 0 Å². The molecule has 0 bridgehead atoms. The highest BCUT2D eigenvalue weighted by Crippen LogP contribution is 2.26. The van der Waals surface area contributed by atoms with E-state index in [0.717, 1.165) is 27.8 Å². The minimum Gasteiger partial charge on any atom is -0.324 e. The predicted molar refractivity (Wildman–Crippen MR) is 72.8 cm³/mol. The van der Waals surface area contributed by atoms with Crippen LogP contribution in [0.25, 0.3) is 22.2 Å². The maximum Gasteiger partial charge on any atom is 0.116 e. The molecule has 0 radical (unpaired) electrons. The molecule has 0 saturated heterocycles. The lowest BCUT2D eigenvalue weighted by atomic mass is 10.1. The van der Waals surface area contributed by atoms with E-state index in [1.165, 1.54) is 0 Å². The first-order valence-corrected chi connectivity index (χ1v) is 5.65. The normalized spacial score (nSPS) is 10.5. The first-order valence-electron chi connectivity index (χ1n) is 5.65. The van der Waals surface area contributed by atoms with Crippen LogP contribution in [0.3, 0.4) is 0 Å². The zero-order valence-corrected chi connectivity index (χ0v) is 9.67. The minimum absolute atomic E-state index is 0.834. The molecule has 0 atom stereocenters. The fourth-order valence-electron chi connectivity index (χ4n) is 1.97. The molecule has 3 N–H and O–H groups in total. The van der Waals surface area contributed by atoms with Gasteiger partial charge in [-0.1, -0.05) is 30.3 Å². The van der Waals surface area contributed by atoms with Gasteiger partial charge in [0.05, 0.1) is 16.9 Å². The van der Waals surface area contributed by atoms with Crippen LogP contribution in [0.2, 0.25) is 0 Å². The molecule has 1 aromatic heterocycles. The van der Waals surface area contributed by atoms with Crippen LogP contribution in [0.4, 0.5) is 5.69 Å². The molecule has 4 heteroatoms. The van der Waals surface area contributed by atoms with Crippen LogP contribution < -0.4 is 11.3 Å². The molecule has 3 aromatic rings. The fourth-order valence-corrected chi connectivity index (χ4v) is 1.97. The van der Waals surface area contributed by atoms with Gasteiger partial charge in [-0.25, -0.2) is 9.97 Å². The second-order valence-electron chi connectivity index (χ2n) is 3.96. The maximum absolute atomic E-state index is 5.40. The number of hydrogen-bond acceptors (Lipinski definition) is 4. The number of fused-ring (bicyclic) bond motifs is 1. The van der Waals surface area contributed by atoms with Crippen molar-refractivity contribution in [2.75, 3.05) is 5.43 Å². The minimum atomic E-state index is 0.834. The molecule has 4 nitrogen and oxygen atoms in total. The number of aromatic nitrogens is 2. The highest BCUT2D eigenvalue weighted by molar-refractivity contribution is 5.93. The molecule has 0 aliphatic carbocycles. The van der Waals surface area contributed by atoms with E-state index in [9.17, 15) is 0 Å². The van der Waals surface area contributed by atoms with E-state index in [1.54, 1.807) is 6.33 Å². The summed E-state index contributed by atoms with van der Waals surface area (Å²) < 4.78 is 0. The third-order valence-corrected chi connectivity index (χ3v) is 2.85. The third-order valence-electron chi connectivity index (χ3n) is 2.85. The number of nitrogens with two attached hydrogens (primary N) is 1. The summed E-state index contributed by atoms with van der Waals surface area (Å²) in [6.45, 7) is 0. The number of hydrazine groups is 1. The van der Waals surface area contributed by atoms with Crippen molar-refractivity contribution in [3.63, 3.8) is 0 Å². The smallest absolute Gasteiger partial charge is 0.116 e. The van der Waals surface area contributed by atoms with Crippen molar-refractivity contribution in [1.29, 1.82) is 0 Å². The largest absolute Gasteiger partial charge is 0.324 e. The molecule has 0 unspecified atom stereocenters. The molecule has 1 heterocycles. The molecule has 3 rings (SSSR count). The number of rotatable bonds is 2.